The summed E-state index contributed by atoms with van der Waals surface area (Å²) in [6.07, 6.45) is -2.75. The van der Waals surface area contributed by atoms with Crippen LogP contribution in [0.3, 0.4) is 0 Å². The Kier molecular flexibility index (Phi) is 3.27. The van der Waals surface area contributed by atoms with E-state index in [2.05, 4.69) is 20.9 Å². The summed E-state index contributed by atoms with van der Waals surface area (Å²) < 4.78 is 37.2. The fourth-order valence-corrected chi connectivity index (χ4v) is 1.31. The minimum atomic E-state index is -2.75. The average Bonchev–Trinajstić information content (AvgIpc) is 2.07. The van der Waals surface area contributed by atoms with Gasteiger partial charge in [0.2, 0.25) is 0 Å². The number of pyridine rings is 1. The van der Waals surface area contributed by atoms with Gasteiger partial charge in [-0.1, -0.05) is 0 Å². The Hall–Kier alpha value is -0.620. The highest BCUT2D eigenvalue weighted by atomic mass is 79.9. The molecule has 0 saturated carbocycles. The molecule has 0 amide bonds. The van der Waals surface area contributed by atoms with Crippen molar-refractivity contribution in [2.75, 3.05) is 0 Å². The van der Waals surface area contributed by atoms with Crippen molar-refractivity contribution in [2.45, 2.75) is 13.0 Å². The van der Waals surface area contributed by atoms with Gasteiger partial charge in [0.25, 0.3) is 6.43 Å². The molecule has 0 radical (unpaired) electrons. The predicted octanol–water partition coefficient (Wildman–Crippen LogP) is 2.38. The van der Waals surface area contributed by atoms with Crippen LogP contribution in [0.4, 0.5) is 13.2 Å². The molecule has 0 fully saturated rings. The van der Waals surface area contributed by atoms with Crippen molar-refractivity contribution < 1.29 is 13.2 Å². The normalized spacial score (nSPS) is 10.9. The van der Waals surface area contributed by atoms with Crippen LogP contribution in [0.1, 0.15) is 17.7 Å². The van der Waals surface area contributed by atoms with Crippen molar-refractivity contribution in [1.29, 1.82) is 0 Å². The minimum Gasteiger partial charge on any atom is -0.325 e. The summed E-state index contributed by atoms with van der Waals surface area (Å²) in [5.41, 5.74) is 4.64. The molecule has 0 atom stereocenters. The Morgan fingerprint density at radius 1 is 1.54 bits per heavy atom. The van der Waals surface area contributed by atoms with E-state index in [1.54, 1.807) is 0 Å². The lowest BCUT2D eigenvalue weighted by Crippen LogP contribution is -2.05. The second-order valence-electron chi connectivity index (χ2n) is 2.30. The zero-order valence-corrected chi connectivity index (χ0v) is 7.98. The monoisotopic (exact) mass is 254 g/mol. The number of hydrogen-bond donors (Lipinski definition) is 1. The maximum Gasteiger partial charge on any atom is 0.266 e. The third-order valence-electron chi connectivity index (χ3n) is 1.46. The number of nitrogens with zero attached hydrogens (tertiary/aromatic N) is 1. The van der Waals surface area contributed by atoms with Gasteiger partial charge in [-0.05, 0) is 22.0 Å². The number of rotatable bonds is 2. The topological polar surface area (TPSA) is 38.9 Å². The van der Waals surface area contributed by atoms with Crippen molar-refractivity contribution >= 4 is 15.9 Å². The van der Waals surface area contributed by atoms with Gasteiger partial charge >= 0.3 is 0 Å². The van der Waals surface area contributed by atoms with E-state index in [0.29, 0.717) is 0 Å². The molecule has 2 nitrogen and oxygen atoms in total. The lowest BCUT2D eigenvalue weighted by Gasteiger charge is -2.05. The van der Waals surface area contributed by atoms with Crippen molar-refractivity contribution in [3.05, 3.63) is 27.7 Å². The van der Waals surface area contributed by atoms with Crippen LogP contribution in [-0.2, 0) is 6.54 Å². The van der Waals surface area contributed by atoms with E-state index in [1.165, 1.54) is 0 Å². The van der Waals surface area contributed by atoms with Gasteiger partial charge < -0.3 is 5.73 Å². The van der Waals surface area contributed by atoms with E-state index in [4.69, 9.17) is 5.73 Å². The molecule has 2 N–H and O–H groups in total. The Labute approximate surface area is 81.1 Å². The Morgan fingerprint density at radius 3 is 2.62 bits per heavy atom. The number of aromatic nitrogens is 1. The highest BCUT2D eigenvalue weighted by Crippen LogP contribution is 2.27. The van der Waals surface area contributed by atoms with Crippen molar-refractivity contribution in [3.63, 3.8) is 0 Å². The first-order chi connectivity index (χ1) is 6.06. The fourth-order valence-electron chi connectivity index (χ4n) is 0.812. The quantitative estimate of drug-likeness (QED) is 0.824. The second kappa shape index (κ2) is 4.06. The van der Waals surface area contributed by atoms with Crippen LogP contribution in [0.25, 0.3) is 0 Å². The van der Waals surface area contributed by atoms with Gasteiger partial charge in [-0.25, -0.2) is 18.2 Å². The summed E-state index contributed by atoms with van der Waals surface area (Å²) in [5, 5.41) is 0. The molecule has 1 heterocycles. The van der Waals surface area contributed by atoms with E-state index in [0.717, 1.165) is 6.07 Å². The van der Waals surface area contributed by atoms with Crippen LogP contribution in [0.5, 0.6) is 0 Å². The first-order valence-corrected chi connectivity index (χ1v) is 4.18. The highest BCUT2D eigenvalue weighted by molar-refractivity contribution is 9.10. The average molecular weight is 255 g/mol. The van der Waals surface area contributed by atoms with Gasteiger partial charge in [0.15, 0.2) is 0 Å². The maximum absolute atomic E-state index is 12.9. The first-order valence-electron chi connectivity index (χ1n) is 3.39. The Balaban J connectivity index is 3.20. The summed E-state index contributed by atoms with van der Waals surface area (Å²) in [5.74, 6) is -0.805. The molecule has 72 valence electrons. The third-order valence-corrected chi connectivity index (χ3v) is 2.09. The molecule has 0 unspecified atom stereocenters. The fraction of sp³-hybridized carbons (Fsp3) is 0.286. The van der Waals surface area contributed by atoms with Gasteiger partial charge in [0, 0.05) is 6.54 Å². The van der Waals surface area contributed by atoms with Crippen molar-refractivity contribution in [2.24, 2.45) is 5.73 Å². The number of halogens is 4. The molecule has 1 aromatic heterocycles. The molecule has 0 aliphatic carbocycles. The molecular formula is C7H6BrF3N2. The van der Waals surface area contributed by atoms with Crippen LogP contribution in [0, 0.1) is 5.82 Å². The minimum absolute atomic E-state index is 0.0312. The molecule has 0 bridgehead atoms. The molecule has 0 aliphatic rings. The predicted molar refractivity (Wildman–Crippen MR) is 44.7 cm³/mol. The molecule has 13 heavy (non-hydrogen) atoms. The van der Waals surface area contributed by atoms with Gasteiger partial charge in [-0.3, -0.25) is 0 Å². The first kappa shape index (κ1) is 10.5. The summed E-state index contributed by atoms with van der Waals surface area (Å²) >= 11 is 2.81. The number of nitrogens with two attached hydrogens (primary N) is 1. The van der Waals surface area contributed by atoms with Gasteiger partial charge in [0.1, 0.15) is 10.4 Å². The molecule has 0 aromatic carbocycles. The zero-order chi connectivity index (χ0) is 10.0. The summed E-state index contributed by atoms with van der Waals surface area (Å²) in [6, 6.07) is 0.740. The van der Waals surface area contributed by atoms with E-state index in [9.17, 15) is 13.2 Å². The SMILES string of the molecule is NCc1nc(Br)c(C(F)F)cc1F. The Bertz CT molecular complexity index is 317. The summed E-state index contributed by atoms with van der Waals surface area (Å²) in [6.45, 7) is -0.117. The molecule has 0 spiro atoms. The lowest BCUT2D eigenvalue weighted by molar-refractivity contribution is 0.149. The van der Waals surface area contributed by atoms with Gasteiger partial charge in [0.05, 0.1) is 11.3 Å². The molecule has 1 rings (SSSR count). The van der Waals surface area contributed by atoms with Crippen molar-refractivity contribution in [3.8, 4) is 0 Å². The molecule has 6 heteroatoms. The van der Waals surface area contributed by atoms with Crippen molar-refractivity contribution in [1.82, 2.24) is 4.98 Å². The standard InChI is InChI=1S/C7H6BrF3N2/c8-6-3(7(10)11)1-4(9)5(2-12)13-6/h1,7H,2,12H2. The third kappa shape index (κ3) is 2.19. The molecule has 1 aromatic rings. The van der Waals surface area contributed by atoms with Crippen LogP contribution in [0.2, 0.25) is 0 Å². The van der Waals surface area contributed by atoms with E-state index in [1.807, 2.05) is 0 Å². The molecule has 0 saturated heterocycles. The molecular weight excluding hydrogens is 249 g/mol. The molecule has 0 aliphatic heterocycles. The lowest BCUT2D eigenvalue weighted by atomic mass is 10.2. The zero-order valence-electron chi connectivity index (χ0n) is 6.40. The van der Waals surface area contributed by atoms with Crippen LogP contribution >= 0.6 is 15.9 Å². The van der Waals surface area contributed by atoms with Crippen LogP contribution in [-0.4, -0.2) is 4.98 Å². The van der Waals surface area contributed by atoms with E-state index < -0.39 is 17.8 Å². The second-order valence-corrected chi connectivity index (χ2v) is 3.05. The highest BCUT2D eigenvalue weighted by Gasteiger charge is 2.16. The van der Waals surface area contributed by atoms with E-state index in [-0.39, 0.29) is 16.8 Å². The van der Waals surface area contributed by atoms with Crippen LogP contribution in [0.15, 0.2) is 10.7 Å². The number of alkyl halides is 2. The van der Waals surface area contributed by atoms with Gasteiger partial charge in [-0.15, -0.1) is 0 Å². The van der Waals surface area contributed by atoms with Crippen LogP contribution < -0.4 is 5.73 Å². The summed E-state index contributed by atoms with van der Waals surface area (Å²) in [4.78, 5) is 3.55. The summed E-state index contributed by atoms with van der Waals surface area (Å²) in [7, 11) is 0. The maximum atomic E-state index is 12.9. The number of hydrogen-bond acceptors (Lipinski definition) is 2. The largest absolute Gasteiger partial charge is 0.325 e. The smallest absolute Gasteiger partial charge is 0.266 e. The van der Waals surface area contributed by atoms with E-state index >= 15 is 0 Å². The Morgan fingerprint density at radius 2 is 2.15 bits per heavy atom. The van der Waals surface area contributed by atoms with Gasteiger partial charge in [-0.2, -0.15) is 0 Å².